The van der Waals surface area contributed by atoms with Gasteiger partial charge in [-0.1, -0.05) is 206 Å². The molecule has 0 spiro atoms. The van der Waals surface area contributed by atoms with Gasteiger partial charge in [0.25, 0.3) is 0 Å². The minimum atomic E-state index is -0.522. The molecule has 1 aliphatic carbocycles. The zero-order chi connectivity index (χ0) is 41.0. The van der Waals surface area contributed by atoms with Gasteiger partial charge in [0.2, 0.25) is 0 Å². The third-order valence-electron chi connectivity index (χ3n) is 12.6. The maximum absolute atomic E-state index is 6.43. The van der Waals surface area contributed by atoms with Crippen LogP contribution >= 0.6 is 0 Å². The quantitative estimate of drug-likeness (QED) is 0.161. The van der Waals surface area contributed by atoms with Gasteiger partial charge in [-0.25, -0.2) is 9.97 Å². The second-order valence-corrected chi connectivity index (χ2v) is 16.1. The maximum Gasteiger partial charge on any atom is 0.160 e. The van der Waals surface area contributed by atoms with Crippen LogP contribution in [0.1, 0.15) is 22.3 Å². The van der Waals surface area contributed by atoms with Crippen LogP contribution in [0, 0.1) is 0 Å². The van der Waals surface area contributed by atoms with E-state index in [1.165, 1.54) is 33.4 Å². The molecule has 0 unspecified atom stereocenters. The molecule has 0 aliphatic heterocycles. The molecule has 3 nitrogen and oxygen atoms in total. The average Bonchev–Trinajstić information content (AvgIpc) is 3.89. The predicted octanol–water partition coefficient (Wildman–Crippen LogP) is 15.1. The molecule has 62 heavy (non-hydrogen) atoms. The number of hydrogen-bond acceptors (Lipinski definition) is 3. The fourth-order valence-corrected chi connectivity index (χ4v) is 9.74. The largest absolute Gasteiger partial charge is 0.455 e. The van der Waals surface area contributed by atoms with Crippen molar-refractivity contribution >= 4 is 21.9 Å². The predicted molar refractivity (Wildman–Crippen MR) is 254 cm³/mol. The summed E-state index contributed by atoms with van der Waals surface area (Å²) in [6.45, 7) is 0. The van der Waals surface area contributed by atoms with Gasteiger partial charge in [0.15, 0.2) is 5.82 Å². The molecule has 0 N–H and O–H groups in total. The summed E-state index contributed by atoms with van der Waals surface area (Å²) in [7, 11) is 0. The highest BCUT2D eigenvalue weighted by Gasteiger charge is 2.46. The van der Waals surface area contributed by atoms with E-state index < -0.39 is 5.41 Å². The van der Waals surface area contributed by atoms with E-state index in [1.807, 2.05) is 18.2 Å². The van der Waals surface area contributed by atoms with Gasteiger partial charge in [-0.15, -0.1) is 0 Å². The number of furan rings is 1. The Balaban J connectivity index is 1.04. The van der Waals surface area contributed by atoms with Crippen molar-refractivity contribution in [3.05, 3.63) is 253 Å². The van der Waals surface area contributed by atoms with E-state index in [0.717, 1.165) is 72.3 Å². The summed E-state index contributed by atoms with van der Waals surface area (Å²) in [6.07, 6.45) is 0. The fraction of sp³-hybridized carbons (Fsp3) is 0.0169. The Hall–Kier alpha value is -8.14. The van der Waals surface area contributed by atoms with Crippen LogP contribution in [-0.2, 0) is 5.41 Å². The van der Waals surface area contributed by atoms with Crippen molar-refractivity contribution in [3.63, 3.8) is 0 Å². The van der Waals surface area contributed by atoms with Crippen LogP contribution in [0.2, 0.25) is 0 Å². The first-order valence-electron chi connectivity index (χ1n) is 21.1. The SMILES string of the molecule is c1ccc(-c2cccc(-c3nc(-c4ccc(-c5cccc6c5oc5ccccc56)cc4)cc(-c4ccc5c(c4)C(c4ccccc4)(c4ccccc4)c4ccccc4-5)n3)c2)cc1. The standard InChI is InChI=1S/C59H38N2O/c1-4-16-39(17-5-1)42-18-14-19-44(36-42)58-60-54(41-32-30-40(31-33-41)47-26-15-27-51-50-25-11-13-29-56(50)62-57(47)51)38-55(61-58)43-34-35-49-48-24-10-12-28-52(48)59(53(49)37-43,45-20-6-2-7-21-45)46-22-8-3-9-23-46/h1-38H. The molecule has 0 atom stereocenters. The molecule has 0 saturated heterocycles. The Morgan fingerprint density at radius 3 is 1.65 bits per heavy atom. The summed E-state index contributed by atoms with van der Waals surface area (Å²) < 4.78 is 6.43. The van der Waals surface area contributed by atoms with E-state index in [0.29, 0.717) is 5.82 Å². The number of benzene rings is 9. The van der Waals surface area contributed by atoms with Crippen molar-refractivity contribution in [3.8, 4) is 67.3 Å². The van der Waals surface area contributed by atoms with Crippen molar-refractivity contribution < 1.29 is 4.42 Å². The zero-order valence-electron chi connectivity index (χ0n) is 33.7. The second kappa shape index (κ2) is 14.5. The van der Waals surface area contributed by atoms with E-state index in [1.54, 1.807) is 0 Å². The van der Waals surface area contributed by atoms with Gasteiger partial charge in [-0.05, 0) is 74.3 Å². The molecule has 2 heterocycles. The summed E-state index contributed by atoms with van der Waals surface area (Å²) >= 11 is 0. The van der Waals surface area contributed by atoms with Crippen LogP contribution in [0.3, 0.4) is 0 Å². The average molecular weight is 791 g/mol. The molecular formula is C59H38N2O. The number of fused-ring (bicyclic) bond motifs is 6. The van der Waals surface area contributed by atoms with Crippen LogP contribution in [0.4, 0.5) is 0 Å². The van der Waals surface area contributed by atoms with Gasteiger partial charge >= 0.3 is 0 Å². The molecule has 0 saturated carbocycles. The molecule has 3 heteroatoms. The first-order valence-corrected chi connectivity index (χ1v) is 21.1. The van der Waals surface area contributed by atoms with Crippen LogP contribution in [0.15, 0.2) is 235 Å². The summed E-state index contributed by atoms with van der Waals surface area (Å²) in [5.74, 6) is 0.674. The Bertz CT molecular complexity index is 3400. The molecule has 0 bridgehead atoms. The maximum atomic E-state index is 6.43. The van der Waals surface area contributed by atoms with Crippen molar-refractivity contribution in [2.24, 2.45) is 0 Å². The summed E-state index contributed by atoms with van der Waals surface area (Å²) in [4.78, 5) is 10.7. The molecule has 11 aromatic rings. The lowest BCUT2D eigenvalue weighted by molar-refractivity contribution is 0.670. The molecule has 1 aliphatic rings. The highest BCUT2D eigenvalue weighted by molar-refractivity contribution is 6.09. The van der Waals surface area contributed by atoms with E-state index in [9.17, 15) is 0 Å². The third kappa shape index (κ3) is 5.74. The molecule has 290 valence electrons. The van der Waals surface area contributed by atoms with Crippen LogP contribution in [-0.4, -0.2) is 9.97 Å². The molecule has 0 radical (unpaired) electrons. The van der Waals surface area contributed by atoms with E-state index >= 15 is 0 Å². The highest BCUT2D eigenvalue weighted by atomic mass is 16.3. The fourth-order valence-electron chi connectivity index (χ4n) is 9.74. The van der Waals surface area contributed by atoms with Gasteiger partial charge in [0, 0.05) is 33.0 Å². The number of hydrogen-bond donors (Lipinski definition) is 0. The minimum absolute atomic E-state index is 0.522. The van der Waals surface area contributed by atoms with Gasteiger partial charge in [0.05, 0.1) is 16.8 Å². The van der Waals surface area contributed by atoms with Crippen LogP contribution < -0.4 is 0 Å². The molecule has 12 rings (SSSR count). The Morgan fingerprint density at radius 2 is 0.871 bits per heavy atom. The first-order chi connectivity index (χ1) is 30.7. The molecular weight excluding hydrogens is 753 g/mol. The van der Waals surface area contributed by atoms with Crippen LogP contribution in [0.25, 0.3) is 89.2 Å². The minimum Gasteiger partial charge on any atom is -0.455 e. The van der Waals surface area contributed by atoms with Crippen molar-refractivity contribution in [1.82, 2.24) is 9.97 Å². The summed E-state index contributed by atoms with van der Waals surface area (Å²) in [5.41, 5.74) is 17.9. The second-order valence-electron chi connectivity index (χ2n) is 16.1. The van der Waals surface area contributed by atoms with E-state index in [2.05, 4.69) is 212 Å². The lowest BCUT2D eigenvalue weighted by atomic mass is 9.67. The van der Waals surface area contributed by atoms with Gasteiger partial charge < -0.3 is 4.42 Å². The third-order valence-corrected chi connectivity index (χ3v) is 12.6. The smallest absolute Gasteiger partial charge is 0.160 e. The number of rotatable bonds is 7. The van der Waals surface area contributed by atoms with E-state index in [4.69, 9.17) is 14.4 Å². The van der Waals surface area contributed by atoms with Gasteiger partial charge in [0.1, 0.15) is 11.2 Å². The number of nitrogens with zero attached hydrogens (tertiary/aromatic N) is 2. The number of aromatic nitrogens is 2. The molecule has 0 amide bonds. The normalized spacial score (nSPS) is 12.6. The van der Waals surface area contributed by atoms with E-state index in [-0.39, 0.29) is 0 Å². The monoisotopic (exact) mass is 790 g/mol. The summed E-state index contributed by atoms with van der Waals surface area (Å²) in [5, 5.41) is 2.24. The molecule has 2 aromatic heterocycles. The van der Waals surface area contributed by atoms with Crippen LogP contribution in [0.5, 0.6) is 0 Å². The first kappa shape index (κ1) is 35.8. The highest BCUT2D eigenvalue weighted by Crippen LogP contribution is 2.56. The van der Waals surface area contributed by atoms with Gasteiger partial charge in [-0.3, -0.25) is 0 Å². The molecule has 0 fully saturated rings. The van der Waals surface area contributed by atoms with Crippen molar-refractivity contribution in [2.75, 3.05) is 0 Å². The Kier molecular flexibility index (Phi) is 8.39. The number of para-hydroxylation sites is 2. The van der Waals surface area contributed by atoms with Crippen molar-refractivity contribution in [2.45, 2.75) is 5.41 Å². The zero-order valence-corrected chi connectivity index (χ0v) is 33.7. The molecule has 9 aromatic carbocycles. The topological polar surface area (TPSA) is 38.9 Å². The lowest BCUT2D eigenvalue weighted by Gasteiger charge is -2.34. The van der Waals surface area contributed by atoms with Crippen molar-refractivity contribution in [1.29, 1.82) is 0 Å². The Morgan fingerprint density at radius 1 is 0.323 bits per heavy atom. The Labute approximate surface area is 360 Å². The lowest BCUT2D eigenvalue weighted by Crippen LogP contribution is -2.28. The van der Waals surface area contributed by atoms with Gasteiger partial charge in [-0.2, -0.15) is 0 Å². The summed E-state index contributed by atoms with van der Waals surface area (Å²) in [6, 6.07) is 82.2.